The van der Waals surface area contributed by atoms with E-state index in [1.54, 1.807) is 12.3 Å². The van der Waals surface area contributed by atoms with E-state index < -0.39 is 0 Å². The summed E-state index contributed by atoms with van der Waals surface area (Å²) in [5, 5.41) is 9.27. The first-order chi connectivity index (χ1) is 14.5. The van der Waals surface area contributed by atoms with Gasteiger partial charge in [0, 0.05) is 51.8 Å². The molecule has 0 unspecified atom stereocenters. The third-order valence-corrected chi connectivity index (χ3v) is 6.84. The zero-order valence-electron chi connectivity index (χ0n) is 18.7. The second-order valence-corrected chi connectivity index (χ2v) is 8.52. The maximum Gasteiger partial charge on any atom is 0.229 e. The lowest BCUT2D eigenvalue weighted by atomic mass is 9.73. The van der Waals surface area contributed by atoms with Crippen LogP contribution in [0.2, 0.25) is 0 Å². The van der Waals surface area contributed by atoms with Crippen LogP contribution in [-0.4, -0.2) is 65.9 Å². The quantitative estimate of drug-likeness (QED) is 0.449. The lowest BCUT2D eigenvalue weighted by Crippen LogP contribution is -2.48. The SMILES string of the molecule is CCC1(CC)CC(=O)N(CCCCN2CCN(c3ncccc3C#N)CC2)C(=O)C1.Cl. The zero-order valence-corrected chi connectivity index (χ0v) is 19.5. The summed E-state index contributed by atoms with van der Waals surface area (Å²) in [5.41, 5.74) is 0.501. The monoisotopic (exact) mass is 447 g/mol. The number of nitriles is 1. The molecule has 31 heavy (non-hydrogen) atoms. The Morgan fingerprint density at radius 1 is 1.03 bits per heavy atom. The van der Waals surface area contributed by atoms with Crippen LogP contribution in [0.5, 0.6) is 0 Å². The van der Waals surface area contributed by atoms with Crippen LogP contribution >= 0.6 is 12.4 Å². The number of anilines is 1. The first-order valence-electron chi connectivity index (χ1n) is 11.2. The summed E-state index contributed by atoms with van der Waals surface area (Å²) < 4.78 is 0. The molecular weight excluding hydrogens is 414 g/mol. The number of piperidine rings is 1. The maximum atomic E-state index is 12.5. The zero-order chi connectivity index (χ0) is 21.6. The van der Waals surface area contributed by atoms with Crippen molar-refractivity contribution in [2.75, 3.05) is 44.2 Å². The molecule has 2 aliphatic heterocycles. The van der Waals surface area contributed by atoms with E-state index in [1.807, 2.05) is 6.07 Å². The van der Waals surface area contributed by atoms with Gasteiger partial charge in [-0.2, -0.15) is 5.26 Å². The van der Waals surface area contributed by atoms with E-state index in [2.05, 4.69) is 34.7 Å². The minimum absolute atomic E-state index is 0. The lowest BCUT2D eigenvalue weighted by Gasteiger charge is -2.39. The Kier molecular flexibility index (Phi) is 9.27. The molecule has 3 rings (SSSR count). The number of piperazine rings is 1. The third-order valence-electron chi connectivity index (χ3n) is 6.84. The van der Waals surface area contributed by atoms with E-state index in [4.69, 9.17) is 0 Å². The summed E-state index contributed by atoms with van der Waals surface area (Å²) in [7, 11) is 0. The normalized spacial score (nSPS) is 19.1. The summed E-state index contributed by atoms with van der Waals surface area (Å²) >= 11 is 0. The molecule has 0 saturated carbocycles. The number of imide groups is 1. The summed E-state index contributed by atoms with van der Waals surface area (Å²) in [6.45, 7) is 9.22. The Balaban J connectivity index is 0.00000341. The van der Waals surface area contributed by atoms with Crippen LogP contribution in [0.15, 0.2) is 18.3 Å². The molecule has 0 radical (unpaired) electrons. The van der Waals surface area contributed by atoms with Crippen molar-refractivity contribution in [1.29, 1.82) is 5.26 Å². The van der Waals surface area contributed by atoms with Gasteiger partial charge in [0.25, 0.3) is 0 Å². The first kappa shape index (κ1) is 25.1. The summed E-state index contributed by atoms with van der Waals surface area (Å²) in [6.07, 6.45) is 6.33. The summed E-state index contributed by atoms with van der Waals surface area (Å²) in [6, 6.07) is 5.82. The van der Waals surface area contributed by atoms with Crippen LogP contribution < -0.4 is 4.90 Å². The van der Waals surface area contributed by atoms with Crippen molar-refractivity contribution >= 4 is 30.0 Å². The number of amides is 2. The van der Waals surface area contributed by atoms with E-state index in [9.17, 15) is 14.9 Å². The molecule has 0 spiro atoms. The molecule has 3 heterocycles. The highest BCUT2D eigenvalue weighted by Gasteiger charge is 2.40. The molecule has 0 bridgehead atoms. The van der Waals surface area contributed by atoms with Crippen molar-refractivity contribution in [3.05, 3.63) is 23.9 Å². The fourth-order valence-corrected chi connectivity index (χ4v) is 4.56. The Labute approximate surface area is 191 Å². The first-order valence-corrected chi connectivity index (χ1v) is 11.2. The van der Waals surface area contributed by atoms with Gasteiger partial charge in [-0.25, -0.2) is 4.98 Å². The maximum absolute atomic E-state index is 12.5. The Morgan fingerprint density at radius 2 is 1.65 bits per heavy atom. The fourth-order valence-electron chi connectivity index (χ4n) is 4.56. The number of unbranched alkanes of at least 4 members (excludes halogenated alkanes) is 1. The number of nitrogens with zero attached hydrogens (tertiary/aromatic N) is 5. The van der Waals surface area contributed by atoms with E-state index in [0.29, 0.717) is 24.9 Å². The van der Waals surface area contributed by atoms with Crippen molar-refractivity contribution in [2.24, 2.45) is 5.41 Å². The number of rotatable bonds is 8. The van der Waals surface area contributed by atoms with Gasteiger partial charge in [0.1, 0.15) is 11.9 Å². The van der Waals surface area contributed by atoms with Crippen molar-refractivity contribution in [2.45, 2.75) is 52.4 Å². The predicted molar refractivity (Wildman–Crippen MR) is 123 cm³/mol. The number of hydrogen-bond acceptors (Lipinski definition) is 6. The van der Waals surface area contributed by atoms with Gasteiger partial charge >= 0.3 is 0 Å². The van der Waals surface area contributed by atoms with E-state index in [-0.39, 0.29) is 29.6 Å². The highest BCUT2D eigenvalue weighted by atomic mass is 35.5. The Morgan fingerprint density at radius 3 is 2.23 bits per heavy atom. The molecule has 2 fully saturated rings. The van der Waals surface area contributed by atoms with Gasteiger partial charge in [-0.3, -0.25) is 19.4 Å². The molecule has 2 aliphatic rings. The largest absolute Gasteiger partial charge is 0.353 e. The average Bonchev–Trinajstić information content (AvgIpc) is 2.78. The Hall–Kier alpha value is -2.17. The predicted octanol–water partition coefficient (Wildman–Crippen LogP) is 3.23. The minimum Gasteiger partial charge on any atom is -0.353 e. The van der Waals surface area contributed by atoms with Crippen LogP contribution in [0.1, 0.15) is 57.9 Å². The molecule has 170 valence electrons. The topological polar surface area (TPSA) is 80.5 Å². The van der Waals surface area contributed by atoms with Gasteiger partial charge in [0.15, 0.2) is 0 Å². The standard InChI is InChI=1S/C23H33N5O2.ClH/c1-3-23(4-2)16-20(29)28(21(30)17-23)11-6-5-10-26-12-14-27(15-13-26)22-19(18-24)8-7-9-25-22;/h7-9H,3-6,10-17H2,1-2H3;1H. The van der Waals surface area contributed by atoms with Crippen LogP contribution in [0, 0.1) is 16.7 Å². The fraction of sp³-hybridized carbons (Fsp3) is 0.652. The number of carbonyl (C=O) groups excluding carboxylic acids is 2. The molecule has 2 saturated heterocycles. The molecule has 2 amide bonds. The Bertz CT molecular complexity index is 777. The molecular formula is C23H34ClN5O2. The highest BCUT2D eigenvalue weighted by molar-refractivity contribution is 5.98. The van der Waals surface area contributed by atoms with Gasteiger partial charge in [-0.15, -0.1) is 12.4 Å². The van der Waals surface area contributed by atoms with E-state index in [0.717, 1.165) is 64.2 Å². The minimum atomic E-state index is -0.122. The molecule has 1 aromatic rings. The van der Waals surface area contributed by atoms with Gasteiger partial charge in [0.2, 0.25) is 11.8 Å². The van der Waals surface area contributed by atoms with E-state index in [1.165, 1.54) is 4.90 Å². The molecule has 8 heteroatoms. The average molecular weight is 448 g/mol. The molecule has 0 N–H and O–H groups in total. The molecule has 0 atom stereocenters. The van der Waals surface area contributed by atoms with Gasteiger partial charge in [-0.1, -0.05) is 13.8 Å². The number of halogens is 1. The van der Waals surface area contributed by atoms with Crippen LogP contribution in [0.25, 0.3) is 0 Å². The van der Waals surface area contributed by atoms with Crippen LogP contribution in [0.3, 0.4) is 0 Å². The van der Waals surface area contributed by atoms with Crippen LogP contribution in [-0.2, 0) is 9.59 Å². The van der Waals surface area contributed by atoms with Crippen molar-refractivity contribution in [3.63, 3.8) is 0 Å². The number of hydrogen-bond donors (Lipinski definition) is 0. The smallest absolute Gasteiger partial charge is 0.229 e. The summed E-state index contributed by atoms with van der Waals surface area (Å²) in [4.78, 5) is 35.5. The number of pyridine rings is 1. The number of carbonyl (C=O) groups is 2. The van der Waals surface area contributed by atoms with Crippen LogP contribution in [0.4, 0.5) is 5.82 Å². The molecule has 7 nitrogen and oxygen atoms in total. The third kappa shape index (κ3) is 5.96. The van der Waals surface area contributed by atoms with Crippen molar-refractivity contribution in [3.8, 4) is 6.07 Å². The second-order valence-electron chi connectivity index (χ2n) is 8.52. The van der Waals surface area contributed by atoms with Gasteiger partial charge in [-0.05, 0) is 49.8 Å². The van der Waals surface area contributed by atoms with E-state index >= 15 is 0 Å². The number of likely N-dealkylation sites (tertiary alicyclic amines) is 1. The summed E-state index contributed by atoms with van der Waals surface area (Å²) in [5.74, 6) is 0.788. The molecule has 1 aromatic heterocycles. The van der Waals surface area contributed by atoms with Gasteiger partial charge < -0.3 is 4.90 Å². The second kappa shape index (κ2) is 11.4. The number of aromatic nitrogens is 1. The lowest BCUT2D eigenvalue weighted by molar-refractivity contribution is -0.153. The van der Waals surface area contributed by atoms with Gasteiger partial charge in [0.05, 0.1) is 5.56 Å². The highest BCUT2D eigenvalue weighted by Crippen LogP contribution is 2.39. The van der Waals surface area contributed by atoms with Crippen molar-refractivity contribution < 1.29 is 9.59 Å². The molecule has 0 aromatic carbocycles. The van der Waals surface area contributed by atoms with Crippen molar-refractivity contribution in [1.82, 2.24) is 14.8 Å². The molecule has 0 aliphatic carbocycles.